The lowest BCUT2D eigenvalue weighted by molar-refractivity contribution is -0.116. The van der Waals surface area contributed by atoms with Gasteiger partial charge in [-0.2, -0.15) is 4.31 Å². The molecular formula is C20H21FN2O4S. The van der Waals surface area contributed by atoms with E-state index < -0.39 is 10.0 Å². The third-order valence-electron chi connectivity index (χ3n) is 5.24. The molecule has 28 heavy (non-hydrogen) atoms. The summed E-state index contributed by atoms with van der Waals surface area (Å²) in [5, 5.41) is 0. The van der Waals surface area contributed by atoms with E-state index in [1.807, 2.05) is 0 Å². The highest BCUT2D eigenvalue weighted by Crippen LogP contribution is 2.39. The van der Waals surface area contributed by atoms with Crippen molar-refractivity contribution < 1.29 is 22.3 Å². The molecule has 4 rings (SSSR count). The highest BCUT2D eigenvalue weighted by molar-refractivity contribution is 7.89. The number of benzene rings is 2. The second kappa shape index (κ2) is 7.18. The van der Waals surface area contributed by atoms with Crippen molar-refractivity contribution in [2.24, 2.45) is 0 Å². The zero-order valence-corrected chi connectivity index (χ0v) is 16.3. The summed E-state index contributed by atoms with van der Waals surface area (Å²) in [6.45, 7) is 2.60. The zero-order chi connectivity index (χ0) is 19.9. The monoisotopic (exact) mass is 404 g/mol. The summed E-state index contributed by atoms with van der Waals surface area (Å²) in [5.41, 5.74) is 1.24. The van der Waals surface area contributed by atoms with Crippen LogP contribution in [0.25, 0.3) is 0 Å². The Labute approximate surface area is 163 Å². The molecule has 0 aromatic heterocycles. The number of anilines is 1. The number of carbonyl (C=O) groups is 1. The molecule has 6 nitrogen and oxygen atoms in total. The molecule has 2 aliphatic heterocycles. The number of hydrogen-bond acceptors (Lipinski definition) is 4. The molecule has 0 N–H and O–H groups in total. The summed E-state index contributed by atoms with van der Waals surface area (Å²) in [6, 6.07) is 10.2. The summed E-state index contributed by atoms with van der Waals surface area (Å²) < 4.78 is 47.0. The Hall–Kier alpha value is -2.45. The Morgan fingerprint density at radius 1 is 1.14 bits per heavy atom. The van der Waals surface area contributed by atoms with Crippen LogP contribution < -0.4 is 9.64 Å². The first-order valence-corrected chi connectivity index (χ1v) is 10.6. The van der Waals surface area contributed by atoms with Gasteiger partial charge in [-0.05, 0) is 48.7 Å². The van der Waals surface area contributed by atoms with E-state index in [1.165, 1.54) is 40.4 Å². The van der Waals surface area contributed by atoms with Crippen LogP contribution in [0.4, 0.5) is 10.1 Å². The summed E-state index contributed by atoms with van der Waals surface area (Å²) in [5.74, 6) is -0.0171. The van der Waals surface area contributed by atoms with Gasteiger partial charge in [0.2, 0.25) is 15.9 Å². The molecule has 1 fully saturated rings. The van der Waals surface area contributed by atoms with Crippen LogP contribution in [0.2, 0.25) is 0 Å². The largest absolute Gasteiger partial charge is 0.490 e. The lowest BCUT2D eigenvalue weighted by Crippen LogP contribution is -2.36. The summed E-state index contributed by atoms with van der Waals surface area (Å²) in [6.07, 6.45) is 1.41. The van der Waals surface area contributed by atoms with Gasteiger partial charge in [0.25, 0.3) is 0 Å². The van der Waals surface area contributed by atoms with E-state index in [1.54, 1.807) is 18.2 Å². The maximum absolute atomic E-state index is 13.4. The molecule has 0 saturated carbocycles. The molecule has 2 aromatic rings. The van der Waals surface area contributed by atoms with Crippen molar-refractivity contribution in [2.45, 2.75) is 30.7 Å². The number of carbonyl (C=O) groups excluding carboxylic acids is 1. The lowest BCUT2D eigenvalue weighted by Gasteiger charge is -2.30. The first kappa shape index (κ1) is 18.9. The van der Waals surface area contributed by atoms with Crippen LogP contribution in [0, 0.1) is 5.82 Å². The van der Waals surface area contributed by atoms with Crippen molar-refractivity contribution >= 4 is 21.6 Å². The van der Waals surface area contributed by atoms with Gasteiger partial charge in [0.05, 0.1) is 23.2 Å². The van der Waals surface area contributed by atoms with Crippen LogP contribution in [-0.4, -0.2) is 38.3 Å². The fourth-order valence-corrected chi connectivity index (χ4v) is 5.57. The maximum atomic E-state index is 13.4. The molecule has 0 spiro atoms. The molecule has 0 unspecified atom stereocenters. The van der Waals surface area contributed by atoms with Crippen LogP contribution in [-0.2, 0) is 14.8 Å². The lowest BCUT2D eigenvalue weighted by atomic mass is 10.1. The number of halogens is 1. The third kappa shape index (κ3) is 3.27. The second-order valence-electron chi connectivity index (χ2n) is 6.97. The average molecular weight is 404 g/mol. The topological polar surface area (TPSA) is 66.9 Å². The van der Waals surface area contributed by atoms with Crippen molar-refractivity contribution in [1.82, 2.24) is 4.31 Å². The average Bonchev–Trinajstić information content (AvgIpc) is 3.18. The summed E-state index contributed by atoms with van der Waals surface area (Å²) in [4.78, 5) is 13.6. The number of nitrogens with zero attached hydrogens (tertiary/aromatic N) is 2. The van der Waals surface area contributed by atoms with Crippen molar-refractivity contribution in [3.8, 4) is 5.75 Å². The van der Waals surface area contributed by atoms with Gasteiger partial charge in [-0.25, -0.2) is 12.8 Å². The van der Waals surface area contributed by atoms with Gasteiger partial charge in [0.15, 0.2) is 0 Å². The molecule has 8 heteroatoms. The quantitative estimate of drug-likeness (QED) is 0.789. The summed E-state index contributed by atoms with van der Waals surface area (Å²) >= 11 is 0. The van der Waals surface area contributed by atoms with Crippen LogP contribution in [0.15, 0.2) is 47.4 Å². The van der Waals surface area contributed by atoms with E-state index in [4.69, 9.17) is 4.74 Å². The van der Waals surface area contributed by atoms with Crippen LogP contribution >= 0.6 is 0 Å². The molecule has 0 radical (unpaired) electrons. The molecule has 0 aliphatic carbocycles. The van der Waals surface area contributed by atoms with E-state index in [0.29, 0.717) is 37.6 Å². The van der Waals surface area contributed by atoms with Gasteiger partial charge < -0.3 is 9.64 Å². The zero-order valence-electron chi connectivity index (χ0n) is 15.5. The molecule has 0 bridgehead atoms. The van der Waals surface area contributed by atoms with Gasteiger partial charge in [-0.15, -0.1) is 0 Å². The Balaban J connectivity index is 1.71. The smallest absolute Gasteiger partial charge is 0.243 e. The van der Waals surface area contributed by atoms with E-state index in [0.717, 1.165) is 12.0 Å². The number of hydrogen-bond donors (Lipinski definition) is 0. The Kier molecular flexibility index (Phi) is 4.84. The highest BCUT2D eigenvalue weighted by atomic mass is 32.2. The predicted molar refractivity (Wildman–Crippen MR) is 102 cm³/mol. The van der Waals surface area contributed by atoms with Gasteiger partial charge in [0, 0.05) is 13.5 Å². The molecule has 1 saturated heterocycles. The minimum absolute atomic E-state index is 0.122. The molecule has 1 amide bonds. The van der Waals surface area contributed by atoms with Crippen molar-refractivity contribution in [2.75, 3.05) is 24.6 Å². The molecule has 1 atom stereocenters. The molecule has 148 valence electrons. The van der Waals surface area contributed by atoms with Gasteiger partial charge >= 0.3 is 0 Å². The number of rotatable bonds is 3. The summed E-state index contributed by atoms with van der Waals surface area (Å²) in [7, 11) is -3.78. The predicted octanol–water partition coefficient (Wildman–Crippen LogP) is 3.10. The second-order valence-corrected chi connectivity index (χ2v) is 8.86. The third-order valence-corrected chi connectivity index (χ3v) is 7.14. The van der Waals surface area contributed by atoms with Crippen molar-refractivity contribution in [3.05, 3.63) is 53.8 Å². The number of amides is 1. The van der Waals surface area contributed by atoms with Gasteiger partial charge in [0.1, 0.15) is 18.2 Å². The van der Waals surface area contributed by atoms with Crippen molar-refractivity contribution in [1.29, 1.82) is 0 Å². The van der Waals surface area contributed by atoms with E-state index in [-0.39, 0.29) is 22.7 Å². The molecular weight excluding hydrogens is 383 g/mol. The number of ether oxygens (including phenoxy) is 1. The molecule has 2 aromatic carbocycles. The minimum Gasteiger partial charge on any atom is -0.490 e. The number of sulfonamides is 1. The Bertz CT molecular complexity index is 1010. The normalized spacial score (nSPS) is 19.9. The van der Waals surface area contributed by atoms with Gasteiger partial charge in [-0.1, -0.05) is 12.1 Å². The fourth-order valence-electron chi connectivity index (χ4n) is 3.87. The standard InChI is InChI=1S/C20H21FN2O4S/c1-14(24)22-11-12-27-20-9-8-17(13-19(20)22)28(25,26)23-10-2-3-18(23)15-4-6-16(21)7-5-15/h4-9,13,18H,2-3,10-12H2,1H3/t18-/m0/s1. The highest BCUT2D eigenvalue weighted by Gasteiger charge is 2.37. The first-order valence-electron chi connectivity index (χ1n) is 9.20. The van der Waals surface area contributed by atoms with E-state index in [2.05, 4.69) is 0 Å². The van der Waals surface area contributed by atoms with Crippen molar-refractivity contribution in [3.63, 3.8) is 0 Å². The number of fused-ring (bicyclic) bond motifs is 1. The van der Waals surface area contributed by atoms with E-state index >= 15 is 0 Å². The van der Waals surface area contributed by atoms with Crippen LogP contribution in [0.3, 0.4) is 0 Å². The van der Waals surface area contributed by atoms with Crippen LogP contribution in [0.5, 0.6) is 5.75 Å². The maximum Gasteiger partial charge on any atom is 0.243 e. The first-order chi connectivity index (χ1) is 13.4. The Morgan fingerprint density at radius 2 is 1.89 bits per heavy atom. The van der Waals surface area contributed by atoms with E-state index in [9.17, 15) is 17.6 Å². The fraction of sp³-hybridized carbons (Fsp3) is 0.350. The minimum atomic E-state index is -3.78. The SMILES string of the molecule is CC(=O)N1CCOc2ccc(S(=O)(=O)N3CCC[C@H]3c3ccc(F)cc3)cc21. The van der Waals surface area contributed by atoms with Crippen LogP contribution in [0.1, 0.15) is 31.4 Å². The Morgan fingerprint density at radius 3 is 2.61 bits per heavy atom. The molecule has 2 heterocycles. The molecule has 2 aliphatic rings. The van der Waals surface area contributed by atoms with Gasteiger partial charge in [-0.3, -0.25) is 4.79 Å².